The van der Waals surface area contributed by atoms with Crippen molar-refractivity contribution in [2.24, 2.45) is 5.92 Å². The topological polar surface area (TPSA) is 72.9 Å². The maximum Gasteiger partial charge on any atom is 0.327 e. The molecule has 0 aliphatic carbocycles. The number of fused-ring (bicyclic) bond motifs is 1. The van der Waals surface area contributed by atoms with Crippen LogP contribution in [-0.2, 0) is 19.8 Å². The van der Waals surface area contributed by atoms with Crippen LogP contribution in [0.5, 0.6) is 11.5 Å². The maximum atomic E-state index is 13.7. The average Bonchev–Trinajstić information content (AvgIpc) is 3.27. The predicted octanol–water partition coefficient (Wildman–Crippen LogP) is 4.13. The minimum atomic E-state index is -1.45. The first-order valence-electron chi connectivity index (χ1n) is 10.1. The van der Waals surface area contributed by atoms with E-state index in [2.05, 4.69) is 0 Å². The number of imide groups is 1. The quantitative estimate of drug-likeness (QED) is 0.341. The maximum absolute atomic E-state index is 13.7. The van der Waals surface area contributed by atoms with Gasteiger partial charge in [-0.3, -0.25) is 19.3 Å². The summed E-state index contributed by atoms with van der Waals surface area (Å²) in [6.45, 7) is 0. The number of methoxy groups -OCH3 is 1. The Morgan fingerprint density at radius 2 is 1.66 bits per heavy atom. The molecular weight excluding hydrogens is 430 g/mol. The van der Waals surface area contributed by atoms with Crippen LogP contribution in [0.2, 0.25) is 5.02 Å². The van der Waals surface area contributed by atoms with Gasteiger partial charge in [0.15, 0.2) is 0 Å². The van der Waals surface area contributed by atoms with Crippen molar-refractivity contribution >= 4 is 35.1 Å². The van der Waals surface area contributed by atoms with Gasteiger partial charge in [0.05, 0.1) is 18.7 Å². The van der Waals surface area contributed by atoms with Gasteiger partial charge in [0.1, 0.15) is 16.9 Å². The van der Waals surface area contributed by atoms with Gasteiger partial charge in [0, 0.05) is 17.0 Å². The van der Waals surface area contributed by atoms with E-state index >= 15 is 0 Å². The van der Waals surface area contributed by atoms with E-state index in [1.165, 1.54) is 7.11 Å². The molecule has 6 nitrogen and oxygen atoms in total. The van der Waals surface area contributed by atoms with Crippen molar-refractivity contribution in [1.82, 2.24) is 0 Å². The summed E-state index contributed by atoms with van der Waals surface area (Å²) in [7, 11) is 1.54. The van der Waals surface area contributed by atoms with Crippen LogP contribution in [0.15, 0.2) is 72.8 Å². The van der Waals surface area contributed by atoms with E-state index in [0.29, 0.717) is 33.3 Å². The van der Waals surface area contributed by atoms with Gasteiger partial charge in [-0.25, -0.2) is 0 Å². The molecule has 0 bridgehead atoms. The molecule has 1 fully saturated rings. The fourth-order valence-corrected chi connectivity index (χ4v) is 4.79. The Kier molecular flexibility index (Phi) is 4.75. The number of carbonyl (C=O) groups is 3. The molecule has 7 heteroatoms. The third-order valence-electron chi connectivity index (χ3n) is 6.14. The van der Waals surface area contributed by atoms with Gasteiger partial charge >= 0.3 is 5.97 Å². The van der Waals surface area contributed by atoms with Gasteiger partial charge in [-0.05, 0) is 48.0 Å². The summed E-state index contributed by atoms with van der Waals surface area (Å²) in [5.41, 5.74) is 0.0960. The first-order valence-corrected chi connectivity index (χ1v) is 10.4. The number of amides is 2. The SMILES string of the molecule is COc1ccc(N2C(=O)C[C@@H]([C@@]3(c4ccc(Cl)cc4)C(=O)Oc4ccccc43)C2=O)cc1. The number of esters is 1. The van der Waals surface area contributed by atoms with Crippen LogP contribution in [0, 0.1) is 5.92 Å². The van der Waals surface area contributed by atoms with E-state index < -0.39 is 23.2 Å². The Morgan fingerprint density at radius 1 is 0.969 bits per heavy atom. The number of halogens is 1. The van der Waals surface area contributed by atoms with E-state index in [1.54, 1.807) is 72.8 Å². The minimum absolute atomic E-state index is 0.128. The van der Waals surface area contributed by atoms with Gasteiger partial charge in [-0.1, -0.05) is 41.9 Å². The minimum Gasteiger partial charge on any atom is -0.497 e. The van der Waals surface area contributed by atoms with Crippen molar-refractivity contribution in [2.45, 2.75) is 11.8 Å². The van der Waals surface area contributed by atoms with E-state index in [0.717, 1.165) is 4.90 Å². The molecule has 0 unspecified atom stereocenters. The first kappa shape index (κ1) is 20.3. The molecule has 0 radical (unpaired) electrons. The summed E-state index contributed by atoms with van der Waals surface area (Å²) in [4.78, 5) is 41.3. The van der Waals surface area contributed by atoms with Crippen LogP contribution < -0.4 is 14.4 Å². The standard InChI is InChI=1S/C25H18ClNO5/c1-31-18-12-10-17(11-13-18)27-22(28)14-20(23(27)29)25(15-6-8-16(26)9-7-15)19-4-2-3-5-21(19)32-24(25)30/h2-13,20H,14H2,1H3/t20-,25+/m1/s1. The predicted molar refractivity (Wildman–Crippen MR) is 118 cm³/mol. The van der Waals surface area contributed by atoms with E-state index in [4.69, 9.17) is 21.1 Å². The number of nitrogens with zero attached hydrogens (tertiary/aromatic N) is 1. The summed E-state index contributed by atoms with van der Waals surface area (Å²) in [5, 5.41) is 0.497. The highest BCUT2D eigenvalue weighted by molar-refractivity contribution is 6.30. The zero-order valence-corrected chi connectivity index (χ0v) is 17.8. The third kappa shape index (κ3) is 2.83. The smallest absolute Gasteiger partial charge is 0.327 e. The van der Waals surface area contributed by atoms with Crippen molar-refractivity contribution in [3.05, 3.63) is 88.9 Å². The Morgan fingerprint density at radius 3 is 2.34 bits per heavy atom. The third-order valence-corrected chi connectivity index (χ3v) is 6.39. The van der Waals surface area contributed by atoms with Gasteiger partial charge < -0.3 is 9.47 Å². The van der Waals surface area contributed by atoms with E-state index in [1.807, 2.05) is 0 Å². The van der Waals surface area contributed by atoms with Crippen LogP contribution in [0.3, 0.4) is 0 Å². The van der Waals surface area contributed by atoms with Gasteiger partial charge in [-0.2, -0.15) is 0 Å². The summed E-state index contributed by atoms with van der Waals surface area (Å²) >= 11 is 6.08. The lowest BCUT2D eigenvalue weighted by atomic mass is 9.66. The molecule has 0 saturated carbocycles. The fraction of sp³-hybridized carbons (Fsp3) is 0.160. The molecule has 2 heterocycles. The Hall–Kier alpha value is -3.64. The van der Waals surface area contributed by atoms with Crippen LogP contribution >= 0.6 is 11.6 Å². The highest BCUT2D eigenvalue weighted by atomic mass is 35.5. The number of rotatable bonds is 4. The molecule has 0 aromatic heterocycles. The molecule has 0 spiro atoms. The molecule has 2 amide bonds. The number of carbonyl (C=O) groups excluding carboxylic acids is 3. The highest BCUT2D eigenvalue weighted by Crippen LogP contribution is 2.52. The molecule has 2 aliphatic rings. The zero-order chi connectivity index (χ0) is 22.5. The van der Waals surface area contributed by atoms with Crippen molar-refractivity contribution < 1.29 is 23.9 Å². The van der Waals surface area contributed by atoms with Crippen LogP contribution in [0.1, 0.15) is 17.5 Å². The number of hydrogen-bond acceptors (Lipinski definition) is 5. The average molecular weight is 448 g/mol. The monoisotopic (exact) mass is 447 g/mol. The Balaban J connectivity index is 1.66. The molecule has 0 N–H and O–H groups in total. The number of para-hydroxylation sites is 1. The van der Waals surface area contributed by atoms with Gasteiger partial charge in [-0.15, -0.1) is 0 Å². The highest BCUT2D eigenvalue weighted by Gasteiger charge is 2.62. The number of hydrogen-bond donors (Lipinski definition) is 0. The zero-order valence-electron chi connectivity index (χ0n) is 17.1. The number of ether oxygens (including phenoxy) is 2. The molecule has 32 heavy (non-hydrogen) atoms. The molecular formula is C25H18ClNO5. The lowest BCUT2D eigenvalue weighted by Gasteiger charge is -2.31. The Bertz CT molecular complexity index is 1240. The summed E-state index contributed by atoms with van der Waals surface area (Å²) in [6, 6.07) is 20.4. The summed E-state index contributed by atoms with van der Waals surface area (Å²) in [6.07, 6.45) is -0.128. The fourth-order valence-electron chi connectivity index (χ4n) is 4.66. The second-order valence-corrected chi connectivity index (χ2v) is 8.16. The van der Waals surface area contributed by atoms with Crippen LogP contribution in [0.4, 0.5) is 5.69 Å². The second kappa shape index (κ2) is 7.50. The van der Waals surface area contributed by atoms with Crippen LogP contribution in [0.25, 0.3) is 0 Å². The lowest BCUT2D eigenvalue weighted by molar-refractivity contribution is -0.141. The normalized spacial score (nSPS) is 22.1. The molecule has 5 rings (SSSR count). The van der Waals surface area contributed by atoms with Crippen LogP contribution in [-0.4, -0.2) is 24.9 Å². The number of anilines is 1. The Labute approximate surface area is 189 Å². The molecule has 2 atom stereocenters. The largest absolute Gasteiger partial charge is 0.497 e. The second-order valence-electron chi connectivity index (χ2n) is 7.72. The van der Waals surface area contributed by atoms with Gasteiger partial charge in [0.2, 0.25) is 11.8 Å². The first-order chi connectivity index (χ1) is 15.5. The molecule has 160 valence electrons. The molecule has 3 aromatic carbocycles. The molecule has 1 saturated heterocycles. The summed E-state index contributed by atoms with van der Waals surface area (Å²) in [5.74, 6) is -1.39. The number of benzene rings is 3. The van der Waals surface area contributed by atoms with Crippen molar-refractivity contribution in [3.8, 4) is 11.5 Å². The molecule has 2 aliphatic heterocycles. The lowest BCUT2D eigenvalue weighted by Crippen LogP contribution is -2.46. The van der Waals surface area contributed by atoms with Gasteiger partial charge in [0.25, 0.3) is 0 Å². The van der Waals surface area contributed by atoms with E-state index in [9.17, 15) is 14.4 Å². The van der Waals surface area contributed by atoms with Crippen molar-refractivity contribution in [3.63, 3.8) is 0 Å². The summed E-state index contributed by atoms with van der Waals surface area (Å²) < 4.78 is 10.8. The molecule has 3 aromatic rings. The van der Waals surface area contributed by atoms with Crippen molar-refractivity contribution in [1.29, 1.82) is 0 Å². The van der Waals surface area contributed by atoms with E-state index in [-0.39, 0.29) is 12.3 Å². The van der Waals surface area contributed by atoms with Crippen molar-refractivity contribution in [2.75, 3.05) is 12.0 Å².